The Hall–Kier alpha value is -2.50. The summed E-state index contributed by atoms with van der Waals surface area (Å²) in [5, 5.41) is 1.03. The predicted octanol–water partition coefficient (Wildman–Crippen LogP) is 1.76. The number of fused-ring (bicyclic) bond motifs is 1. The maximum atomic E-state index is 12.7. The Morgan fingerprint density at radius 2 is 2.08 bits per heavy atom. The molecule has 0 saturated carbocycles. The summed E-state index contributed by atoms with van der Waals surface area (Å²) in [6.07, 6.45) is 3.47. The highest BCUT2D eigenvalue weighted by Crippen LogP contribution is 2.24. The summed E-state index contributed by atoms with van der Waals surface area (Å²) in [5.74, 6) is 0.247. The molecule has 0 aliphatic carbocycles. The van der Waals surface area contributed by atoms with Gasteiger partial charge >= 0.3 is 0 Å². The molecule has 24 heavy (non-hydrogen) atoms. The van der Waals surface area contributed by atoms with E-state index in [0.29, 0.717) is 6.54 Å². The topological polar surface area (TPSA) is 77.6 Å². The smallest absolute Gasteiger partial charge is 0.242 e. The molecule has 128 valence electrons. The molecule has 1 aromatic heterocycles. The van der Waals surface area contributed by atoms with Gasteiger partial charge in [-0.3, -0.25) is 9.59 Å². The third kappa shape index (κ3) is 3.09. The van der Waals surface area contributed by atoms with Crippen LogP contribution in [0.4, 0.5) is 0 Å². The minimum absolute atomic E-state index is 0.0155. The number of likely N-dealkylation sites (tertiary alicyclic amines) is 1. The van der Waals surface area contributed by atoms with Gasteiger partial charge in [-0.05, 0) is 44.0 Å². The first-order valence-electron chi connectivity index (χ1n) is 8.21. The number of benzene rings is 1. The van der Waals surface area contributed by atoms with E-state index < -0.39 is 0 Å². The maximum absolute atomic E-state index is 12.7. The molecule has 1 fully saturated rings. The molecule has 1 saturated heterocycles. The number of methoxy groups -OCH3 is 1. The lowest BCUT2D eigenvalue weighted by Gasteiger charge is -2.37. The van der Waals surface area contributed by atoms with Crippen molar-refractivity contribution in [1.82, 2.24) is 9.47 Å². The van der Waals surface area contributed by atoms with Crippen LogP contribution in [0.2, 0.25) is 0 Å². The summed E-state index contributed by atoms with van der Waals surface area (Å²) in [6, 6.07) is 7.89. The van der Waals surface area contributed by atoms with Gasteiger partial charge in [-0.1, -0.05) is 0 Å². The Balaban J connectivity index is 1.77. The van der Waals surface area contributed by atoms with Crippen molar-refractivity contribution in [1.29, 1.82) is 0 Å². The molecule has 0 spiro atoms. The number of carbonyl (C=O) groups is 2. The van der Waals surface area contributed by atoms with E-state index in [9.17, 15) is 9.59 Å². The molecule has 3 rings (SSSR count). The summed E-state index contributed by atoms with van der Waals surface area (Å²) >= 11 is 0. The van der Waals surface area contributed by atoms with E-state index >= 15 is 0 Å². The number of nitrogens with two attached hydrogens (primary N) is 1. The summed E-state index contributed by atoms with van der Waals surface area (Å²) in [6.45, 7) is 2.70. The number of aromatic nitrogens is 1. The second kappa shape index (κ2) is 6.55. The normalized spacial score (nSPS) is 21.0. The van der Waals surface area contributed by atoms with Crippen molar-refractivity contribution < 1.29 is 14.3 Å². The molecule has 0 radical (unpaired) electrons. The van der Waals surface area contributed by atoms with Crippen LogP contribution < -0.4 is 10.5 Å². The van der Waals surface area contributed by atoms with Crippen molar-refractivity contribution >= 4 is 22.7 Å². The molecule has 6 heteroatoms. The second-order valence-electron chi connectivity index (χ2n) is 6.44. The van der Waals surface area contributed by atoms with E-state index in [-0.39, 0.29) is 30.3 Å². The maximum Gasteiger partial charge on any atom is 0.242 e. The van der Waals surface area contributed by atoms with Gasteiger partial charge in [0.2, 0.25) is 11.8 Å². The molecule has 1 aromatic carbocycles. The van der Waals surface area contributed by atoms with Crippen LogP contribution in [0.15, 0.2) is 30.5 Å². The Labute approximate surface area is 141 Å². The van der Waals surface area contributed by atoms with Crippen LogP contribution in [-0.2, 0) is 16.1 Å². The first-order chi connectivity index (χ1) is 11.5. The second-order valence-corrected chi connectivity index (χ2v) is 6.44. The molecule has 2 heterocycles. The van der Waals surface area contributed by atoms with Gasteiger partial charge < -0.3 is 19.9 Å². The number of hydrogen-bond donors (Lipinski definition) is 1. The first kappa shape index (κ1) is 16.4. The van der Waals surface area contributed by atoms with Gasteiger partial charge in [0.1, 0.15) is 12.3 Å². The first-order valence-corrected chi connectivity index (χ1v) is 8.21. The number of amides is 2. The van der Waals surface area contributed by atoms with Gasteiger partial charge in [0, 0.05) is 29.7 Å². The lowest BCUT2D eigenvalue weighted by Crippen LogP contribution is -2.49. The molecule has 2 aromatic rings. The Bertz CT molecular complexity index is 768. The molecule has 2 atom stereocenters. The summed E-state index contributed by atoms with van der Waals surface area (Å²) in [4.78, 5) is 26.0. The minimum Gasteiger partial charge on any atom is -0.497 e. The van der Waals surface area contributed by atoms with E-state index in [1.807, 2.05) is 42.0 Å². The third-order valence-corrected chi connectivity index (χ3v) is 4.89. The molecule has 6 nitrogen and oxygen atoms in total. The average molecular weight is 329 g/mol. The van der Waals surface area contributed by atoms with E-state index in [2.05, 4.69) is 0 Å². The number of ether oxygens (including phenoxy) is 1. The van der Waals surface area contributed by atoms with E-state index in [1.165, 1.54) is 0 Å². The standard InChI is InChI=1S/C18H23N3O3/c1-12-3-4-14(18(19)23)10-21(12)17(22)11-20-8-7-13-9-15(24-2)5-6-16(13)20/h5-9,12,14H,3-4,10-11H2,1-2H3,(H2,19,23). The fraction of sp³-hybridized carbons (Fsp3) is 0.444. The van der Waals surface area contributed by atoms with Gasteiger partial charge in [0.05, 0.1) is 13.0 Å². The Kier molecular flexibility index (Phi) is 4.46. The van der Waals surface area contributed by atoms with Crippen LogP contribution in [0.25, 0.3) is 10.9 Å². The van der Waals surface area contributed by atoms with Crippen molar-refractivity contribution in [2.24, 2.45) is 11.7 Å². The molecule has 0 bridgehead atoms. The number of nitrogens with zero attached hydrogens (tertiary/aromatic N) is 2. The predicted molar refractivity (Wildman–Crippen MR) is 91.6 cm³/mol. The van der Waals surface area contributed by atoms with E-state index in [1.54, 1.807) is 12.0 Å². The van der Waals surface area contributed by atoms with Crippen LogP contribution in [0.1, 0.15) is 19.8 Å². The third-order valence-electron chi connectivity index (χ3n) is 4.89. The molecule has 2 amide bonds. The van der Waals surface area contributed by atoms with Crippen LogP contribution in [0.3, 0.4) is 0 Å². The summed E-state index contributed by atoms with van der Waals surface area (Å²) in [5.41, 5.74) is 6.41. The quantitative estimate of drug-likeness (QED) is 0.928. The number of rotatable bonds is 4. The van der Waals surface area contributed by atoms with E-state index in [0.717, 1.165) is 29.5 Å². The van der Waals surface area contributed by atoms with Gasteiger partial charge in [-0.2, -0.15) is 0 Å². The van der Waals surface area contributed by atoms with Crippen LogP contribution in [0, 0.1) is 5.92 Å². The zero-order chi connectivity index (χ0) is 17.3. The van der Waals surface area contributed by atoms with Crippen molar-refractivity contribution in [3.05, 3.63) is 30.5 Å². The van der Waals surface area contributed by atoms with Gasteiger partial charge in [0.15, 0.2) is 0 Å². The van der Waals surface area contributed by atoms with Crippen molar-refractivity contribution in [3.8, 4) is 5.75 Å². The highest BCUT2D eigenvalue weighted by molar-refractivity contribution is 5.85. The molecule has 2 N–H and O–H groups in total. The van der Waals surface area contributed by atoms with Crippen molar-refractivity contribution in [3.63, 3.8) is 0 Å². The Morgan fingerprint density at radius 3 is 2.79 bits per heavy atom. The zero-order valence-corrected chi connectivity index (χ0v) is 14.1. The van der Waals surface area contributed by atoms with Gasteiger partial charge in [0.25, 0.3) is 0 Å². The fourth-order valence-corrected chi connectivity index (χ4v) is 3.37. The van der Waals surface area contributed by atoms with Crippen LogP contribution >= 0.6 is 0 Å². The SMILES string of the molecule is COc1ccc2c(ccn2CC(=O)N2CC(C(N)=O)CCC2C)c1. The number of piperidine rings is 1. The summed E-state index contributed by atoms with van der Waals surface area (Å²) < 4.78 is 7.16. The lowest BCUT2D eigenvalue weighted by atomic mass is 9.93. The number of hydrogen-bond acceptors (Lipinski definition) is 3. The zero-order valence-electron chi connectivity index (χ0n) is 14.1. The number of primary amides is 1. The molecule has 1 aliphatic heterocycles. The lowest BCUT2D eigenvalue weighted by molar-refractivity contribution is -0.138. The van der Waals surface area contributed by atoms with Gasteiger partial charge in [-0.25, -0.2) is 0 Å². The van der Waals surface area contributed by atoms with Crippen molar-refractivity contribution in [2.45, 2.75) is 32.4 Å². The summed E-state index contributed by atoms with van der Waals surface area (Å²) in [7, 11) is 1.63. The largest absolute Gasteiger partial charge is 0.497 e. The Morgan fingerprint density at radius 1 is 1.29 bits per heavy atom. The molecule has 2 unspecified atom stereocenters. The molecular formula is C18H23N3O3. The fourth-order valence-electron chi connectivity index (χ4n) is 3.37. The average Bonchev–Trinajstić information content (AvgIpc) is 2.96. The highest BCUT2D eigenvalue weighted by Gasteiger charge is 2.31. The number of carbonyl (C=O) groups excluding carboxylic acids is 2. The minimum atomic E-state index is -0.321. The van der Waals surface area contributed by atoms with E-state index in [4.69, 9.17) is 10.5 Å². The highest BCUT2D eigenvalue weighted by atomic mass is 16.5. The molecule has 1 aliphatic rings. The van der Waals surface area contributed by atoms with Crippen LogP contribution in [-0.4, -0.2) is 41.0 Å². The van der Waals surface area contributed by atoms with Crippen molar-refractivity contribution in [2.75, 3.05) is 13.7 Å². The van der Waals surface area contributed by atoms with Gasteiger partial charge in [-0.15, -0.1) is 0 Å². The monoisotopic (exact) mass is 329 g/mol. The van der Waals surface area contributed by atoms with Crippen LogP contribution in [0.5, 0.6) is 5.75 Å². The molecular weight excluding hydrogens is 306 g/mol.